The minimum atomic E-state index is -4.45. The van der Waals surface area contributed by atoms with Crippen LogP contribution in [0.4, 0.5) is 13.2 Å². The molecule has 3 aromatic carbocycles. The molecule has 0 radical (unpaired) electrons. The third-order valence-corrected chi connectivity index (χ3v) is 4.23. The maximum absolute atomic E-state index is 12.8. The molecule has 0 unspecified atom stereocenters. The number of nitrogens with zero attached hydrogens (tertiary/aromatic N) is 1. The molecule has 0 aromatic heterocycles. The molecule has 0 fully saturated rings. The summed E-state index contributed by atoms with van der Waals surface area (Å²) in [5.41, 5.74) is 2.55. The molecule has 4 nitrogen and oxygen atoms in total. The number of ether oxygens (including phenoxy) is 1. The van der Waals surface area contributed by atoms with Crippen LogP contribution in [-0.2, 0) is 17.4 Å². The Morgan fingerprint density at radius 2 is 1.90 bits per heavy atom. The second-order valence-electron chi connectivity index (χ2n) is 6.30. The summed E-state index contributed by atoms with van der Waals surface area (Å²) in [4.78, 5) is 12.1. The molecule has 150 valence electrons. The largest absolute Gasteiger partial charge is 0.493 e. The van der Waals surface area contributed by atoms with Crippen molar-refractivity contribution in [3.63, 3.8) is 0 Å². The highest BCUT2D eigenvalue weighted by atomic mass is 19.4. The fraction of sp³-hybridized carbons (Fsp3) is 0.182. The topological polar surface area (TPSA) is 50.7 Å². The van der Waals surface area contributed by atoms with Crippen molar-refractivity contribution in [1.82, 2.24) is 5.43 Å². The number of fused-ring (bicyclic) bond motifs is 1. The van der Waals surface area contributed by atoms with Crippen LogP contribution in [0.15, 0.2) is 65.8 Å². The highest BCUT2D eigenvalue weighted by Crippen LogP contribution is 2.29. The van der Waals surface area contributed by atoms with Gasteiger partial charge in [-0.05, 0) is 35.4 Å². The fourth-order valence-electron chi connectivity index (χ4n) is 2.94. The number of hydrazone groups is 1. The van der Waals surface area contributed by atoms with E-state index in [0.717, 1.165) is 22.9 Å². The van der Waals surface area contributed by atoms with Crippen molar-refractivity contribution in [2.24, 2.45) is 5.10 Å². The fourth-order valence-corrected chi connectivity index (χ4v) is 2.94. The molecule has 1 amide bonds. The number of hydrogen-bond acceptors (Lipinski definition) is 3. The number of alkyl halides is 3. The molecule has 1 N–H and O–H groups in total. The van der Waals surface area contributed by atoms with Crippen molar-refractivity contribution in [2.45, 2.75) is 19.5 Å². The van der Waals surface area contributed by atoms with Gasteiger partial charge < -0.3 is 4.74 Å². The number of carbonyl (C=O) groups excluding carboxylic acids is 1. The molecule has 0 spiro atoms. The molecule has 0 aliphatic rings. The molecule has 0 bridgehead atoms. The number of carbonyl (C=O) groups is 1. The minimum absolute atomic E-state index is 0.213. The molecular weight excluding hydrogens is 381 g/mol. The molecule has 0 heterocycles. The standard InChI is InChI=1S/C22H19F3N2O2/c1-2-29-20-11-10-16-7-3-4-9-18(16)19(20)14-26-27-21(28)13-15-6-5-8-17(12-15)22(23,24)25/h3-12,14H,2,13H2,1H3,(H,27,28). The molecule has 29 heavy (non-hydrogen) atoms. The lowest BCUT2D eigenvalue weighted by Crippen LogP contribution is -2.20. The van der Waals surface area contributed by atoms with Gasteiger partial charge >= 0.3 is 6.18 Å². The zero-order valence-corrected chi connectivity index (χ0v) is 15.7. The quantitative estimate of drug-likeness (QED) is 0.470. The Morgan fingerprint density at radius 1 is 1.10 bits per heavy atom. The normalized spacial score (nSPS) is 11.7. The Kier molecular flexibility index (Phi) is 6.16. The van der Waals surface area contributed by atoms with Gasteiger partial charge in [-0.2, -0.15) is 18.3 Å². The van der Waals surface area contributed by atoms with E-state index in [-0.39, 0.29) is 12.0 Å². The van der Waals surface area contributed by atoms with Gasteiger partial charge in [0.15, 0.2) is 0 Å². The molecule has 0 saturated carbocycles. The van der Waals surface area contributed by atoms with Crippen molar-refractivity contribution in [3.8, 4) is 5.75 Å². The van der Waals surface area contributed by atoms with Crippen LogP contribution >= 0.6 is 0 Å². The van der Waals surface area contributed by atoms with E-state index in [1.807, 2.05) is 43.3 Å². The maximum Gasteiger partial charge on any atom is 0.416 e. The highest BCUT2D eigenvalue weighted by molar-refractivity contribution is 6.02. The smallest absolute Gasteiger partial charge is 0.416 e. The summed E-state index contributed by atoms with van der Waals surface area (Å²) >= 11 is 0. The van der Waals surface area contributed by atoms with Crippen molar-refractivity contribution in [1.29, 1.82) is 0 Å². The van der Waals surface area contributed by atoms with Crippen LogP contribution < -0.4 is 10.2 Å². The van der Waals surface area contributed by atoms with E-state index in [1.165, 1.54) is 18.3 Å². The first-order valence-electron chi connectivity index (χ1n) is 9.01. The Hall–Kier alpha value is -3.35. The lowest BCUT2D eigenvalue weighted by Gasteiger charge is -2.10. The van der Waals surface area contributed by atoms with Crippen LogP contribution in [0, 0.1) is 0 Å². The van der Waals surface area contributed by atoms with E-state index in [9.17, 15) is 18.0 Å². The zero-order valence-electron chi connectivity index (χ0n) is 15.7. The maximum atomic E-state index is 12.8. The van der Waals surface area contributed by atoms with E-state index in [0.29, 0.717) is 17.9 Å². The average molecular weight is 400 g/mol. The Labute approximate surface area is 166 Å². The second kappa shape index (κ2) is 8.77. The van der Waals surface area contributed by atoms with Gasteiger partial charge in [0, 0.05) is 5.56 Å². The van der Waals surface area contributed by atoms with E-state index < -0.39 is 17.6 Å². The van der Waals surface area contributed by atoms with Crippen molar-refractivity contribution in [2.75, 3.05) is 6.61 Å². The van der Waals surface area contributed by atoms with Gasteiger partial charge in [-0.15, -0.1) is 0 Å². The minimum Gasteiger partial charge on any atom is -0.493 e. The molecule has 3 aromatic rings. The van der Waals surface area contributed by atoms with Gasteiger partial charge in [-0.1, -0.05) is 48.5 Å². The van der Waals surface area contributed by atoms with Gasteiger partial charge in [0.05, 0.1) is 24.8 Å². The predicted molar refractivity (Wildman–Crippen MR) is 106 cm³/mol. The molecule has 7 heteroatoms. The molecule has 3 rings (SSSR count). The monoisotopic (exact) mass is 400 g/mol. The van der Waals surface area contributed by atoms with Crippen LogP contribution in [0.1, 0.15) is 23.6 Å². The molecule has 0 saturated heterocycles. The van der Waals surface area contributed by atoms with Crippen molar-refractivity contribution < 1.29 is 22.7 Å². The van der Waals surface area contributed by atoms with E-state index in [1.54, 1.807) is 0 Å². The van der Waals surface area contributed by atoms with Gasteiger partial charge in [-0.3, -0.25) is 4.79 Å². The summed E-state index contributed by atoms with van der Waals surface area (Å²) in [7, 11) is 0. The van der Waals surface area contributed by atoms with Crippen LogP contribution in [-0.4, -0.2) is 18.7 Å². The lowest BCUT2D eigenvalue weighted by atomic mass is 10.0. The van der Waals surface area contributed by atoms with Gasteiger partial charge in [0.1, 0.15) is 5.75 Å². The number of amides is 1. The van der Waals surface area contributed by atoms with Crippen molar-refractivity contribution >= 4 is 22.9 Å². The first-order valence-corrected chi connectivity index (χ1v) is 9.01. The summed E-state index contributed by atoms with van der Waals surface area (Å²) in [5, 5.41) is 5.88. The SMILES string of the molecule is CCOc1ccc2ccccc2c1C=NNC(=O)Cc1cccc(C(F)(F)F)c1. The van der Waals surface area contributed by atoms with E-state index in [4.69, 9.17) is 4.74 Å². The lowest BCUT2D eigenvalue weighted by molar-refractivity contribution is -0.137. The first-order chi connectivity index (χ1) is 13.9. The Balaban J connectivity index is 1.75. The number of halogens is 3. The van der Waals surface area contributed by atoms with E-state index in [2.05, 4.69) is 10.5 Å². The summed E-state index contributed by atoms with van der Waals surface area (Å²) in [6.45, 7) is 2.34. The molecular formula is C22H19F3N2O2. The van der Waals surface area contributed by atoms with Gasteiger partial charge in [0.2, 0.25) is 5.91 Å². The van der Waals surface area contributed by atoms with Crippen LogP contribution in [0.3, 0.4) is 0 Å². The number of benzene rings is 3. The van der Waals surface area contributed by atoms with Crippen LogP contribution in [0.25, 0.3) is 10.8 Å². The zero-order chi connectivity index (χ0) is 20.9. The summed E-state index contributed by atoms with van der Waals surface area (Å²) in [6.07, 6.45) is -3.18. The van der Waals surface area contributed by atoms with Gasteiger partial charge in [0.25, 0.3) is 0 Å². The molecule has 0 aliphatic carbocycles. The molecule has 0 atom stereocenters. The highest BCUT2D eigenvalue weighted by Gasteiger charge is 2.30. The number of nitrogens with one attached hydrogen (secondary N) is 1. The third kappa shape index (κ3) is 5.13. The Morgan fingerprint density at radius 3 is 2.66 bits per heavy atom. The van der Waals surface area contributed by atoms with E-state index >= 15 is 0 Å². The van der Waals surface area contributed by atoms with Crippen LogP contribution in [0.2, 0.25) is 0 Å². The summed E-state index contributed by atoms with van der Waals surface area (Å²) < 4.78 is 44.0. The van der Waals surface area contributed by atoms with Crippen LogP contribution in [0.5, 0.6) is 5.75 Å². The average Bonchev–Trinajstić information content (AvgIpc) is 2.69. The first kappa shape index (κ1) is 20.4. The molecule has 0 aliphatic heterocycles. The summed E-state index contributed by atoms with van der Waals surface area (Å²) in [6, 6.07) is 16.1. The Bertz CT molecular complexity index is 1050. The van der Waals surface area contributed by atoms with Gasteiger partial charge in [-0.25, -0.2) is 5.43 Å². The number of hydrogen-bond donors (Lipinski definition) is 1. The number of rotatable bonds is 6. The predicted octanol–water partition coefficient (Wildman–Crippen LogP) is 4.95. The summed E-state index contributed by atoms with van der Waals surface area (Å²) in [5.74, 6) is 0.112. The second-order valence-corrected chi connectivity index (χ2v) is 6.30. The van der Waals surface area contributed by atoms with Crippen molar-refractivity contribution in [3.05, 3.63) is 77.4 Å². The third-order valence-electron chi connectivity index (χ3n) is 4.23.